The van der Waals surface area contributed by atoms with Gasteiger partial charge >= 0.3 is 0 Å². The number of carbonyl (C=O) groups is 1. The molecule has 3 nitrogen and oxygen atoms in total. The minimum atomic E-state index is -0.203. The van der Waals surface area contributed by atoms with Crippen LogP contribution in [0.4, 0.5) is 5.69 Å². The molecule has 0 aliphatic carbocycles. The van der Waals surface area contributed by atoms with Crippen LogP contribution < -0.4 is 10.6 Å². The van der Waals surface area contributed by atoms with Crippen molar-refractivity contribution in [3.8, 4) is 0 Å². The number of nitrogens with one attached hydrogen (secondary N) is 2. The summed E-state index contributed by atoms with van der Waals surface area (Å²) in [5.41, 5.74) is 6.01. The topological polar surface area (TPSA) is 41.1 Å². The Morgan fingerprint density at radius 1 is 0.957 bits per heavy atom. The minimum absolute atomic E-state index is 0.203. The van der Waals surface area contributed by atoms with E-state index in [1.54, 1.807) is 6.07 Å². The predicted molar refractivity (Wildman–Crippen MR) is 108 cm³/mol. The van der Waals surface area contributed by atoms with E-state index in [2.05, 4.69) is 39.3 Å². The van der Waals surface area contributed by atoms with Crippen LogP contribution in [0, 0.1) is 31.3 Å². The Morgan fingerprint density at radius 2 is 1.65 bits per heavy atom. The molecule has 0 atom stereocenters. The summed E-state index contributed by atoms with van der Waals surface area (Å²) >= 11 is 7.56. The molecule has 0 saturated heterocycles. The molecule has 0 unspecified atom stereocenters. The second-order valence-corrected chi connectivity index (χ2v) is 7.19. The van der Waals surface area contributed by atoms with Gasteiger partial charge in [-0.2, -0.15) is 0 Å². The lowest BCUT2D eigenvalue weighted by Crippen LogP contribution is -2.34. The van der Waals surface area contributed by atoms with Gasteiger partial charge in [0, 0.05) is 14.8 Å². The van der Waals surface area contributed by atoms with Crippen LogP contribution >= 0.6 is 34.8 Å². The Labute approximate surface area is 156 Å². The maximum atomic E-state index is 12.3. The van der Waals surface area contributed by atoms with E-state index in [1.807, 2.05) is 45.9 Å². The highest BCUT2D eigenvalue weighted by molar-refractivity contribution is 14.1. The van der Waals surface area contributed by atoms with Crippen LogP contribution in [-0.2, 0) is 0 Å². The van der Waals surface area contributed by atoms with E-state index in [0.29, 0.717) is 10.7 Å². The number of anilines is 1. The number of halogens is 1. The third-order valence-electron chi connectivity index (χ3n) is 3.75. The average molecular weight is 438 g/mol. The molecule has 2 rings (SSSR count). The van der Waals surface area contributed by atoms with Gasteiger partial charge in [-0.3, -0.25) is 10.1 Å². The van der Waals surface area contributed by atoms with Crippen molar-refractivity contribution >= 4 is 51.5 Å². The molecule has 1 amide bonds. The zero-order valence-electron chi connectivity index (χ0n) is 13.6. The Balaban J connectivity index is 2.09. The van der Waals surface area contributed by atoms with Crippen molar-refractivity contribution in [1.29, 1.82) is 0 Å². The third kappa shape index (κ3) is 4.51. The Hall–Kier alpha value is -1.47. The second kappa shape index (κ2) is 7.40. The number of hydrogen-bond donors (Lipinski definition) is 2. The van der Waals surface area contributed by atoms with Crippen molar-refractivity contribution in [2.24, 2.45) is 0 Å². The van der Waals surface area contributed by atoms with E-state index in [0.717, 1.165) is 22.4 Å². The highest BCUT2D eigenvalue weighted by atomic mass is 127. The first-order chi connectivity index (χ1) is 10.8. The number of aryl methyl sites for hydroxylation is 4. The molecule has 2 aromatic carbocycles. The number of rotatable bonds is 2. The lowest BCUT2D eigenvalue weighted by Gasteiger charge is -2.13. The molecule has 23 heavy (non-hydrogen) atoms. The highest BCUT2D eigenvalue weighted by Crippen LogP contribution is 2.21. The Kier molecular flexibility index (Phi) is 5.75. The molecule has 5 heteroatoms. The fraction of sp³-hybridized carbons (Fsp3) is 0.222. The summed E-state index contributed by atoms with van der Waals surface area (Å²) in [5, 5.41) is 6.14. The summed E-state index contributed by atoms with van der Waals surface area (Å²) < 4.78 is 1.20. The smallest absolute Gasteiger partial charge is 0.257 e. The molecule has 2 aromatic rings. The normalized spacial score (nSPS) is 10.3. The van der Waals surface area contributed by atoms with Gasteiger partial charge in [0.05, 0.1) is 0 Å². The van der Waals surface area contributed by atoms with Crippen molar-refractivity contribution < 1.29 is 4.79 Å². The summed E-state index contributed by atoms with van der Waals surface area (Å²) in [4.78, 5) is 12.3. The zero-order valence-corrected chi connectivity index (χ0v) is 16.6. The molecule has 0 radical (unpaired) electrons. The van der Waals surface area contributed by atoms with Crippen molar-refractivity contribution in [1.82, 2.24) is 5.32 Å². The summed E-state index contributed by atoms with van der Waals surface area (Å²) in [6, 6.07) is 9.74. The monoisotopic (exact) mass is 438 g/mol. The van der Waals surface area contributed by atoms with Crippen molar-refractivity contribution in [2.45, 2.75) is 27.7 Å². The number of benzene rings is 2. The van der Waals surface area contributed by atoms with E-state index in [4.69, 9.17) is 12.2 Å². The minimum Gasteiger partial charge on any atom is -0.332 e. The van der Waals surface area contributed by atoms with E-state index in [1.165, 1.54) is 9.13 Å². The second-order valence-electron chi connectivity index (χ2n) is 5.62. The molecule has 0 aliphatic rings. The quantitative estimate of drug-likeness (QED) is 0.530. The van der Waals surface area contributed by atoms with Crippen LogP contribution in [0.3, 0.4) is 0 Å². The molecule has 120 valence electrons. The SMILES string of the molecule is Cc1ccc(C(=O)NC(=S)Nc2cc(C)c(I)cc2C)cc1C. The molecule has 0 aliphatic heterocycles. The van der Waals surface area contributed by atoms with Crippen LogP contribution in [0.5, 0.6) is 0 Å². The van der Waals surface area contributed by atoms with Crippen LogP contribution in [0.1, 0.15) is 32.6 Å². The number of carbonyl (C=O) groups excluding carboxylic acids is 1. The van der Waals surface area contributed by atoms with Crippen molar-refractivity contribution in [3.05, 3.63) is 61.7 Å². The summed E-state index contributed by atoms with van der Waals surface area (Å²) in [6.07, 6.45) is 0. The fourth-order valence-electron chi connectivity index (χ4n) is 2.13. The maximum absolute atomic E-state index is 12.3. The van der Waals surface area contributed by atoms with Gasteiger partial charge in [0.2, 0.25) is 0 Å². The standard InChI is InChI=1S/C18H19IN2OS/c1-10-5-6-14(7-11(10)2)17(22)21-18(23)20-16-9-12(3)15(19)8-13(16)4/h5-9H,1-4H3,(H2,20,21,22,23). The average Bonchev–Trinajstić information content (AvgIpc) is 2.47. The lowest BCUT2D eigenvalue weighted by atomic mass is 10.1. The number of hydrogen-bond acceptors (Lipinski definition) is 2. The van der Waals surface area contributed by atoms with Gasteiger partial charge in [-0.15, -0.1) is 0 Å². The van der Waals surface area contributed by atoms with Crippen LogP contribution in [0.15, 0.2) is 30.3 Å². The number of amides is 1. The van der Waals surface area contributed by atoms with Gasteiger partial charge in [0.1, 0.15) is 0 Å². The van der Waals surface area contributed by atoms with Crippen LogP contribution in [0.25, 0.3) is 0 Å². The van der Waals surface area contributed by atoms with Gasteiger partial charge in [0.15, 0.2) is 5.11 Å². The molecule has 0 saturated carbocycles. The molecule has 0 aromatic heterocycles. The van der Waals surface area contributed by atoms with Gasteiger partial charge in [-0.05, 0) is 109 Å². The van der Waals surface area contributed by atoms with E-state index >= 15 is 0 Å². The summed E-state index contributed by atoms with van der Waals surface area (Å²) in [6.45, 7) is 8.06. The Morgan fingerprint density at radius 3 is 2.30 bits per heavy atom. The Bertz CT molecular complexity index is 787. The highest BCUT2D eigenvalue weighted by Gasteiger charge is 2.10. The first kappa shape index (κ1) is 17.9. The zero-order chi connectivity index (χ0) is 17.1. The fourth-order valence-corrected chi connectivity index (χ4v) is 2.95. The third-order valence-corrected chi connectivity index (χ3v) is 5.12. The molecule has 0 bridgehead atoms. The molecule has 2 N–H and O–H groups in total. The van der Waals surface area contributed by atoms with Crippen molar-refractivity contribution in [2.75, 3.05) is 5.32 Å². The molecular weight excluding hydrogens is 419 g/mol. The van der Waals surface area contributed by atoms with E-state index in [-0.39, 0.29) is 5.91 Å². The molecule has 0 fully saturated rings. The first-order valence-electron chi connectivity index (χ1n) is 7.24. The number of thiocarbonyl (C=S) groups is 1. The van der Waals surface area contributed by atoms with Gasteiger partial charge < -0.3 is 5.32 Å². The molecule has 0 heterocycles. The molecular formula is C18H19IN2OS. The van der Waals surface area contributed by atoms with Crippen molar-refractivity contribution in [3.63, 3.8) is 0 Å². The maximum Gasteiger partial charge on any atom is 0.257 e. The van der Waals surface area contributed by atoms with Crippen LogP contribution in [-0.4, -0.2) is 11.0 Å². The predicted octanol–water partition coefficient (Wildman–Crippen LogP) is 4.65. The van der Waals surface area contributed by atoms with E-state index < -0.39 is 0 Å². The lowest BCUT2D eigenvalue weighted by molar-refractivity contribution is 0.0977. The largest absolute Gasteiger partial charge is 0.332 e. The first-order valence-corrected chi connectivity index (χ1v) is 8.73. The summed E-state index contributed by atoms with van der Waals surface area (Å²) in [5.74, 6) is -0.203. The molecule has 0 spiro atoms. The summed E-state index contributed by atoms with van der Waals surface area (Å²) in [7, 11) is 0. The van der Waals surface area contributed by atoms with Gasteiger partial charge in [-0.25, -0.2) is 0 Å². The van der Waals surface area contributed by atoms with Crippen LogP contribution in [0.2, 0.25) is 0 Å². The van der Waals surface area contributed by atoms with Gasteiger partial charge in [0.25, 0.3) is 5.91 Å². The van der Waals surface area contributed by atoms with Gasteiger partial charge in [-0.1, -0.05) is 6.07 Å². The van der Waals surface area contributed by atoms with E-state index in [9.17, 15) is 4.79 Å².